The predicted molar refractivity (Wildman–Crippen MR) is 103 cm³/mol. The Morgan fingerprint density at radius 1 is 1.08 bits per heavy atom. The number of benzene rings is 1. The van der Waals surface area contributed by atoms with E-state index in [2.05, 4.69) is 12.2 Å². The number of thiophene rings is 1. The average molecular weight is 373 g/mol. The van der Waals surface area contributed by atoms with Crippen LogP contribution in [0, 0.1) is 6.92 Å². The lowest BCUT2D eigenvalue weighted by atomic mass is 10.1. The van der Waals surface area contributed by atoms with Gasteiger partial charge in [-0.3, -0.25) is 9.59 Å². The molecule has 5 nitrogen and oxygen atoms in total. The maximum atomic E-state index is 12.2. The van der Waals surface area contributed by atoms with Crippen molar-refractivity contribution in [3.05, 3.63) is 51.7 Å². The number of ether oxygens (including phenoxy) is 1. The first-order chi connectivity index (χ1) is 12.5. The molecule has 6 heteroatoms. The molecule has 0 aliphatic heterocycles. The molecule has 1 N–H and O–H groups in total. The average Bonchev–Trinajstić information content (AvgIpc) is 3.06. The zero-order valence-corrected chi connectivity index (χ0v) is 15.9. The van der Waals surface area contributed by atoms with Gasteiger partial charge in [-0.25, -0.2) is 4.79 Å². The third-order valence-corrected chi connectivity index (χ3v) is 4.88. The van der Waals surface area contributed by atoms with Crippen LogP contribution in [0.3, 0.4) is 0 Å². The zero-order chi connectivity index (χ0) is 18.9. The molecule has 0 atom stereocenters. The zero-order valence-electron chi connectivity index (χ0n) is 15.0. The van der Waals surface area contributed by atoms with Gasteiger partial charge in [-0.05, 0) is 54.6 Å². The number of amides is 1. The van der Waals surface area contributed by atoms with E-state index in [9.17, 15) is 14.4 Å². The lowest BCUT2D eigenvalue weighted by Crippen LogP contribution is -2.14. The number of nitrogens with one attached hydrogen (secondary N) is 1. The van der Waals surface area contributed by atoms with E-state index in [1.165, 1.54) is 11.3 Å². The molecule has 26 heavy (non-hydrogen) atoms. The monoisotopic (exact) mass is 373 g/mol. The Hall–Kier alpha value is -2.47. The van der Waals surface area contributed by atoms with Crippen LogP contribution in [-0.2, 0) is 9.53 Å². The summed E-state index contributed by atoms with van der Waals surface area (Å²) in [5.41, 5.74) is 1.92. The van der Waals surface area contributed by atoms with Gasteiger partial charge >= 0.3 is 5.97 Å². The molecule has 0 bridgehead atoms. The van der Waals surface area contributed by atoms with Crippen LogP contribution in [0.15, 0.2) is 35.7 Å². The van der Waals surface area contributed by atoms with E-state index in [4.69, 9.17) is 4.74 Å². The summed E-state index contributed by atoms with van der Waals surface area (Å²) in [6.45, 7) is 3.61. The molecule has 0 aliphatic rings. The minimum Gasteiger partial charge on any atom is -0.453 e. The van der Waals surface area contributed by atoms with Crippen LogP contribution < -0.4 is 5.32 Å². The summed E-state index contributed by atoms with van der Waals surface area (Å²) in [6, 6.07) is 8.42. The maximum Gasteiger partial charge on any atom is 0.349 e. The standard InChI is InChI=1S/C20H23NO4S/c1-3-4-5-6-18(23)21-16-9-7-15(8-10-16)17(22)13-25-20(24)19-14(2)11-12-26-19/h7-12H,3-6,13H2,1-2H3,(H,21,23). The first-order valence-electron chi connectivity index (χ1n) is 8.65. The van der Waals surface area contributed by atoms with Crippen LogP contribution in [0.2, 0.25) is 0 Å². The third-order valence-electron chi connectivity index (χ3n) is 3.88. The van der Waals surface area contributed by atoms with Crippen LogP contribution in [0.4, 0.5) is 5.69 Å². The molecule has 2 rings (SSSR count). The molecule has 2 aromatic rings. The molecule has 0 aliphatic carbocycles. The molecule has 1 aromatic carbocycles. The minimum absolute atomic E-state index is 0.0298. The number of carbonyl (C=O) groups excluding carboxylic acids is 3. The Balaban J connectivity index is 1.83. The number of carbonyl (C=O) groups is 3. The Labute approximate surface area is 157 Å². The summed E-state index contributed by atoms with van der Waals surface area (Å²) in [5.74, 6) is -0.798. The molecule has 0 saturated heterocycles. The highest BCUT2D eigenvalue weighted by Gasteiger charge is 2.15. The van der Waals surface area contributed by atoms with Gasteiger partial charge in [-0.15, -0.1) is 11.3 Å². The van der Waals surface area contributed by atoms with Crippen molar-refractivity contribution in [3.63, 3.8) is 0 Å². The summed E-state index contributed by atoms with van der Waals surface area (Å²) < 4.78 is 5.09. The summed E-state index contributed by atoms with van der Waals surface area (Å²) in [6.07, 6.45) is 3.46. The summed E-state index contributed by atoms with van der Waals surface area (Å²) in [4.78, 5) is 36.4. The number of anilines is 1. The third kappa shape index (κ3) is 5.81. The van der Waals surface area contributed by atoms with E-state index < -0.39 is 5.97 Å². The van der Waals surface area contributed by atoms with Crippen molar-refractivity contribution in [2.75, 3.05) is 11.9 Å². The Bertz CT molecular complexity index is 764. The molecule has 0 unspecified atom stereocenters. The normalized spacial score (nSPS) is 10.4. The fourth-order valence-electron chi connectivity index (χ4n) is 2.36. The lowest BCUT2D eigenvalue weighted by molar-refractivity contribution is -0.116. The predicted octanol–water partition coefficient (Wildman–Crippen LogP) is 4.62. The Kier molecular flexibility index (Phi) is 7.53. The van der Waals surface area contributed by atoms with E-state index in [0.717, 1.165) is 24.8 Å². The van der Waals surface area contributed by atoms with Gasteiger partial charge in [0.05, 0.1) is 0 Å². The fraction of sp³-hybridized carbons (Fsp3) is 0.350. The largest absolute Gasteiger partial charge is 0.453 e. The molecule has 0 radical (unpaired) electrons. The van der Waals surface area contributed by atoms with Gasteiger partial charge in [0.2, 0.25) is 5.91 Å². The van der Waals surface area contributed by atoms with E-state index >= 15 is 0 Å². The van der Waals surface area contributed by atoms with Gasteiger partial charge in [0.15, 0.2) is 12.4 Å². The van der Waals surface area contributed by atoms with Gasteiger partial charge < -0.3 is 10.1 Å². The second kappa shape index (κ2) is 9.87. The van der Waals surface area contributed by atoms with Gasteiger partial charge in [0.25, 0.3) is 0 Å². The van der Waals surface area contributed by atoms with Crippen LogP contribution in [0.5, 0.6) is 0 Å². The van der Waals surface area contributed by atoms with Crippen molar-refractivity contribution in [1.82, 2.24) is 0 Å². The second-order valence-corrected chi connectivity index (χ2v) is 6.93. The molecule has 1 aromatic heterocycles. The van der Waals surface area contributed by atoms with Crippen LogP contribution in [0.1, 0.15) is 58.2 Å². The second-order valence-electron chi connectivity index (χ2n) is 6.01. The van der Waals surface area contributed by atoms with Gasteiger partial charge in [0.1, 0.15) is 4.88 Å². The van der Waals surface area contributed by atoms with E-state index in [1.807, 2.05) is 18.4 Å². The van der Waals surface area contributed by atoms with Crippen molar-refractivity contribution in [2.24, 2.45) is 0 Å². The number of ketones is 1. The molecule has 138 valence electrons. The first-order valence-corrected chi connectivity index (χ1v) is 9.53. The molecule has 1 heterocycles. The number of rotatable bonds is 9. The maximum absolute atomic E-state index is 12.2. The summed E-state index contributed by atoms with van der Waals surface area (Å²) >= 11 is 1.29. The molecular weight excluding hydrogens is 350 g/mol. The van der Waals surface area contributed by atoms with E-state index in [-0.39, 0.29) is 18.3 Å². The number of hydrogen-bond donors (Lipinski definition) is 1. The van der Waals surface area contributed by atoms with Crippen LogP contribution in [-0.4, -0.2) is 24.3 Å². The number of Topliss-reactive ketones (excluding diaryl/α,β-unsaturated/α-hetero) is 1. The van der Waals surface area contributed by atoms with Crippen molar-refractivity contribution in [2.45, 2.75) is 39.5 Å². The molecule has 0 fully saturated rings. The Morgan fingerprint density at radius 2 is 1.81 bits per heavy atom. The van der Waals surface area contributed by atoms with Crippen molar-refractivity contribution in [1.29, 1.82) is 0 Å². The first kappa shape index (κ1) is 19.8. The minimum atomic E-state index is -0.484. The van der Waals surface area contributed by atoms with Gasteiger partial charge in [-0.1, -0.05) is 19.8 Å². The smallest absolute Gasteiger partial charge is 0.349 e. The highest BCUT2D eigenvalue weighted by molar-refractivity contribution is 7.12. The molecule has 1 amide bonds. The van der Waals surface area contributed by atoms with Crippen LogP contribution >= 0.6 is 11.3 Å². The van der Waals surface area contributed by atoms with Gasteiger partial charge in [0, 0.05) is 17.7 Å². The summed E-state index contributed by atoms with van der Waals surface area (Å²) in [7, 11) is 0. The van der Waals surface area contributed by atoms with Gasteiger partial charge in [-0.2, -0.15) is 0 Å². The van der Waals surface area contributed by atoms with E-state index in [0.29, 0.717) is 22.5 Å². The molecular formula is C20H23NO4S. The highest BCUT2D eigenvalue weighted by Crippen LogP contribution is 2.17. The number of esters is 1. The Morgan fingerprint density at radius 3 is 2.42 bits per heavy atom. The van der Waals surface area contributed by atoms with Crippen molar-refractivity contribution >= 4 is 34.7 Å². The summed E-state index contributed by atoms with van der Waals surface area (Å²) in [5, 5.41) is 4.62. The quantitative estimate of drug-likeness (QED) is 0.396. The fourth-order valence-corrected chi connectivity index (χ4v) is 3.18. The lowest BCUT2D eigenvalue weighted by Gasteiger charge is -2.07. The number of hydrogen-bond acceptors (Lipinski definition) is 5. The topological polar surface area (TPSA) is 72.5 Å². The highest BCUT2D eigenvalue weighted by atomic mass is 32.1. The molecule has 0 spiro atoms. The van der Waals surface area contributed by atoms with Crippen LogP contribution in [0.25, 0.3) is 0 Å². The van der Waals surface area contributed by atoms with Crippen molar-refractivity contribution < 1.29 is 19.1 Å². The van der Waals surface area contributed by atoms with Crippen molar-refractivity contribution in [3.8, 4) is 0 Å². The SMILES string of the molecule is CCCCCC(=O)Nc1ccc(C(=O)COC(=O)c2sccc2C)cc1. The number of unbranched alkanes of at least 4 members (excludes halogenated alkanes) is 2. The van der Waals surface area contributed by atoms with E-state index in [1.54, 1.807) is 24.3 Å². The molecule has 0 saturated carbocycles. The number of aryl methyl sites for hydroxylation is 1.